The van der Waals surface area contributed by atoms with Crippen molar-refractivity contribution in [2.24, 2.45) is 23.7 Å². The summed E-state index contributed by atoms with van der Waals surface area (Å²) in [5, 5.41) is 11.7. The Morgan fingerprint density at radius 1 is 1.26 bits per heavy atom. The molecule has 1 amide bonds. The number of alkyl halides is 1. The number of phenols is 1. The van der Waals surface area contributed by atoms with Gasteiger partial charge in [0, 0.05) is 23.4 Å². The average molecular weight is 263 g/mol. The molecule has 4 bridgehead atoms. The van der Waals surface area contributed by atoms with Gasteiger partial charge in [-0.1, -0.05) is 0 Å². The van der Waals surface area contributed by atoms with Crippen LogP contribution in [0.2, 0.25) is 0 Å². The third-order valence-electron chi connectivity index (χ3n) is 4.77. The molecule has 6 atom stereocenters. The van der Waals surface area contributed by atoms with Crippen molar-refractivity contribution in [2.45, 2.75) is 18.7 Å². The third-order valence-corrected chi connectivity index (χ3v) is 4.77. The number of halogens is 1. The fourth-order valence-electron chi connectivity index (χ4n) is 3.97. The van der Waals surface area contributed by atoms with Gasteiger partial charge in [0.25, 0.3) is 0 Å². The molecular weight excluding hydrogens is 249 g/mol. The van der Waals surface area contributed by atoms with E-state index in [1.165, 1.54) is 12.1 Å². The Morgan fingerprint density at radius 2 is 2.00 bits per heavy atom. The second kappa shape index (κ2) is 3.62. The van der Waals surface area contributed by atoms with Crippen molar-refractivity contribution in [2.75, 3.05) is 5.32 Å². The van der Waals surface area contributed by atoms with Crippen molar-refractivity contribution < 1.29 is 19.0 Å². The molecule has 1 aromatic rings. The number of phenolic OH excluding ortho intramolecular Hbond substituents is 1. The standard InChI is InChI=1S/C14H14FNO3/c15-12-9-5-8-10(12)11(8)13(9)19-14(18)16-6-1-3-7(17)4-2-6/h1-4,8-13,17H,5H2,(H,16,18)/t8-,9+,10-,11+,12+,13+/m1/s1. The van der Waals surface area contributed by atoms with E-state index in [4.69, 9.17) is 9.84 Å². The fraction of sp³-hybridized carbons (Fsp3) is 0.500. The Morgan fingerprint density at radius 3 is 2.53 bits per heavy atom. The van der Waals surface area contributed by atoms with Gasteiger partial charge in [-0.15, -0.1) is 0 Å². The summed E-state index contributed by atoms with van der Waals surface area (Å²) in [6.45, 7) is 0. The van der Waals surface area contributed by atoms with Gasteiger partial charge in [-0.25, -0.2) is 9.18 Å². The number of anilines is 1. The minimum absolute atomic E-state index is 0.0921. The molecule has 0 spiro atoms. The number of amides is 1. The van der Waals surface area contributed by atoms with E-state index in [0.29, 0.717) is 11.6 Å². The van der Waals surface area contributed by atoms with E-state index in [2.05, 4.69) is 5.32 Å². The van der Waals surface area contributed by atoms with Crippen molar-refractivity contribution in [3.05, 3.63) is 24.3 Å². The van der Waals surface area contributed by atoms with E-state index in [1.807, 2.05) is 0 Å². The number of carbonyl (C=O) groups excluding carboxylic acids is 1. The van der Waals surface area contributed by atoms with E-state index in [-0.39, 0.29) is 29.6 Å². The lowest BCUT2D eigenvalue weighted by molar-refractivity contribution is 0.0752. The highest BCUT2D eigenvalue weighted by atomic mass is 19.1. The topological polar surface area (TPSA) is 58.6 Å². The molecular formula is C14H14FNO3. The lowest BCUT2D eigenvalue weighted by Crippen LogP contribution is -2.27. The van der Waals surface area contributed by atoms with Crippen LogP contribution >= 0.6 is 0 Å². The van der Waals surface area contributed by atoms with Crippen molar-refractivity contribution in [3.63, 3.8) is 0 Å². The first-order valence-corrected chi connectivity index (χ1v) is 6.56. The van der Waals surface area contributed by atoms with Crippen LogP contribution in [0.15, 0.2) is 24.3 Å². The zero-order valence-corrected chi connectivity index (χ0v) is 10.1. The monoisotopic (exact) mass is 263 g/mol. The minimum Gasteiger partial charge on any atom is -0.508 e. The number of carbonyl (C=O) groups is 1. The molecule has 4 saturated carbocycles. The SMILES string of the molecule is O=C(Nc1ccc(O)cc1)O[C@H]1[C@H]2C[C@@H]3[C@@H]([C@H]2F)[C@H]31. The molecule has 5 heteroatoms. The Kier molecular flexibility index (Phi) is 2.11. The second-order valence-corrected chi connectivity index (χ2v) is 5.70. The molecule has 19 heavy (non-hydrogen) atoms. The molecule has 100 valence electrons. The largest absolute Gasteiger partial charge is 0.508 e. The van der Waals surface area contributed by atoms with Crippen molar-refractivity contribution in [3.8, 4) is 5.75 Å². The number of rotatable bonds is 2. The minimum atomic E-state index is -0.776. The summed E-state index contributed by atoms with van der Waals surface area (Å²) in [7, 11) is 0. The van der Waals surface area contributed by atoms with Crippen molar-refractivity contribution >= 4 is 11.8 Å². The summed E-state index contributed by atoms with van der Waals surface area (Å²) >= 11 is 0. The molecule has 4 nitrogen and oxygen atoms in total. The highest BCUT2D eigenvalue weighted by Gasteiger charge is 2.75. The summed E-state index contributed by atoms with van der Waals surface area (Å²) in [5.74, 6) is 0.899. The van der Waals surface area contributed by atoms with Gasteiger partial charge in [-0.05, 0) is 36.6 Å². The smallest absolute Gasteiger partial charge is 0.411 e. The molecule has 4 fully saturated rings. The number of benzene rings is 1. The van der Waals surface area contributed by atoms with Crippen LogP contribution in [0.4, 0.5) is 14.9 Å². The van der Waals surface area contributed by atoms with Gasteiger partial charge < -0.3 is 9.84 Å². The van der Waals surface area contributed by atoms with Crippen LogP contribution in [0.3, 0.4) is 0 Å². The number of aromatic hydroxyl groups is 1. The summed E-state index contributed by atoms with van der Waals surface area (Å²) in [5.41, 5.74) is 0.553. The molecule has 5 rings (SSSR count). The van der Waals surface area contributed by atoms with Crippen LogP contribution in [0.25, 0.3) is 0 Å². The zero-order valence-electron chi connectivity index (χ0n) is 10.1. The highest BCUT2D eigenvalue weighted by molar-refractivity contribution is 5.84. The molecule has 0 unspecified atom stereocenters. The maximum Gasteiger partial charge on any atom is 0.411 e. The zero-order chi connectivity index (χ0) is 13.1. The molecule has 4 aliphatic carbocycles. The maximum absolute atomic E-state index is 13.7. The van der Waals surface area contributed by atoms with Gasteiger partial charge in [0.05, 0.1) is 0 Å². The van der Waals surface area contributed by atoms with Crippen molar-refractivity contribution in [1.82, 2.24) is 0 Å². The molecule has 4 aliphatic rings. The normalized spacial score (nSPS) is 41.1. The number of ether oxygens (including phenoxy) is 1. The second-order valence-electron chi connectivity index (χ2n) is 5.70. The lowest BCUT2D eigenvalue weighted by Gasteiger charge is -2.17. The quantitative estimate of drug-likeness (QED) is 0.806. The van der Waals surface area contributed by atoms with Gasteiger partial charge in [0.2, 0.25) is 0 Å². The van der Waals surface area contributed by atoms with Crippen molar-refractivity contribution in [1.29, 1.82) is 0 Å². The van der Waals surface area contributed by atoms with Crippen LogP contribution in [0.5, 0.6) is 5.75 Å². The molecule has 2 N–H and O–H groups in total. The van der Waals surface area contributed by atoms with E-state index in [1.54, 1.807) is 12.1 Å². The van der Waals surface area contributed by atoms with Gasteiger partial charge in [-0.2, -0.15) is 0 Å². The van der Waals surface area contributed by atoms with Crippen LogP contribution < -0.4 is 5.32 Å². The van der Waals surface area contributed by atoms with Gasteiger partial charge in [-0.3, -0.25) is 5.32 Å². The van der Waals surface area contributed by atoms with E-state index >= 15 is 0 Å². The fourth-order valence-corrected chi connectivity index (χ4v) is 3.97. The Hall–Kier alpha value is -1.78. The average Bonchev–Trinajstić information content (AvgIpc) is 2.70. The first-order chi connectivity index (χ1) is 9.15. The van der Waals surface area contributed by atoms with Gasteiger partial charge in [0.15, 0.2) is 0 Å². The van der Waals surface area contributed by atoms with Crippen LogP contribution in [0, 0.1) is 23.7 Å². The molecule has 0 aromatic heterocycles. The molecule has 0 radical (unpaired) electrons. The maximum atomic E-state index is 13.7. The summed E-state index contributed by atoms with van der Waals surface area (Å²) < 4.78 is 19.1. The van der Waals surface area contributed by atoms with E-state index < -0.39 is 12.3 Å². The molecule has 0 aliphatic heterocycles. The summed E-state index contributed by atoms with van der Waals surface area (Å²) in [6.07, 6.45) is -0.696. The van der Waals surface area contributed by atoms with E-state index in [0.717, 1.165) is 6.42 Å². The third kappa shape index (κ3) is 1.54. The highest BCUT2D eigenvalue weighted by Crippen LogP contribution is 2.72. The Labute approximate surface area is 109 Å². The summed E-state index contributed by atoms with van der Waals surface area (Å²) in [4.78, 5) is 11.8. The lowest BCUT2D eigenvalue weighted by atomic mass is 10.1. The predicted octanol–water partition coefficient (Wildman–Crippen LogP) is 2.54. The number of hydrogen-bond donors (Lipinski definition) is 2. The van der Waals surface area contributed by atoms with Gasteiger partial charge in [0.1, 0.15) is 18.0 Å². The molecule has 0 saturated heterocycles. The first kappa shape index (κ1) is 11.1. The number of hydrogen-bond acceptors (Lipinski definition) is 3. The molecule has 0 heterocycles. The van der Waals surface area contributed by atoms with E-state index in [9.17, 15) is 9.18 Å². The molecule has 1 aromatic carbocycles. The number of nitrogens with one attached hydrogen (secondary N) is 1. The Balaban J connectivity index is 1.39. The van der Waals surface area contributed by atoms with Gasteiger partial charge >= 0.3 is 6.09 Å². The van der Waals surface area contributed by atoms with Crippen LogP contribution in [-0.4, -0.2) is 23.5 Å². The Bertz CT molecular complexity index is 532. The predicted molar refractivity (Wildman–Crippen MR) is 65.5 cm³/mol. The first-order valence-electron chi connectivity index (χ1n) is 6.56. The van der Waals surface area contributed by atoms with Crippen LogP contribution in [0.1, 0.15) is 6.42 Å². The van der Waals surface area contributed by atoms with Crippen LogP contribution in [-0.2, 0) is 4.74 Å². The summed E-state index contributed by atoms with van der Waals surface area (Å²) in [6, 6.07) is 6.14.